The van der Waals surface area contributed by atoms with Gasteiger partial charge in [-0.15, -0.1) is 24.0 Å². The van der Waals surface area contributed by atoms with Crippen LogP contribution in [0.4, 0.5) is 0 Å². The van der Waals surface area contributed by atoms with E-state index in [0.29, 0.717) is 6.04 Å². The second-order valence-corrected chi connectivity index (χ2v) is 6.95. The zero-order valence-electron chi connectivity index (χ0n) is 15.4. The van der Waals surface area contributed by atoms with Gasteiger partial charge in [-0.25, -0.2) is 0 Å². The maximum Gasteiger partial charge on any atom is 0.219 e. The normalized spacial score (nSPS) is 25.8. The lowest BCUT2D eigenvalue weighted by atomic mass is 9.87. The Morgan fingerprint density at radius 1 is 1.12 bits per heavy atom. The Kier molecular flexibility index (Phi) is 9.95. The molecule has 24 heavy (non-hydrogen) atoms. The molecule has 7 heteroatoms. The van der Waals surface area contributed by atoms with Crippen LogP contribution in [0.1, 0.15) is 39.5 Å². The number of nitrogens with one attached hydrogen (secondary N) is 2. The van der Waals surface area contributed by atoms with Gasteiger partial charge < -0.3 is 15.5 Å². The van der Waals surface area contributed by atoms with Crippen LogP contribution in [0, 0.1) is 5.92 Å². The first kappa shape index (κ1) is 21.5. The fourth-order valence-corrected chi connectivity index (χ4v) is 3.41. The maximum atomic E-state index is 11.3. The Morgan fingerprint density at radius 3 is 2.29 bits per heavy atom. The highest BCUT2D eigenvalue weighted by atomic mass is 127. The molecule has 2 N–H and O–H groups in total. The zero-order chi connectivity index (χ0) is 16.7. The summed E-state index contributed by atoms with van der Waals surface area (Å²) in [7, 11) is 1.84. The van der Waals surface area contributed by atoms with E-state index in [0.717, 1.165) is 51.1 Å². The minimum absolute atomic E-state index is 0. The molecule has 1 amide bonds. The molecule has 2 fully saturated rings. The predicted octanol–water partition coefficient (Wildman–Crippen LogP) is 1.51. The van der Waals surface area contributed by atoms with Crippen molar-refractivity contribution in [1.82, 2.24) is 20.4 Å². The SMILES string of the molecule is CN=C(NCCN1CCN(C(C)=O)CC1)NC1CCC(C)CC1.I. The molecular formula is C17H34IN5O. The number of piperazine rings is 1. The molecule has 1 aliphatic heterocycles. The van der Waals surface area contributed by atoms with Gasteiger partial charge in [-0.05, 0) is 31.6 Å². The number of hydrogen-bond acceptors (Lipinski definition) is 3. The first-order valence-corrected chi connectivity index (χ1v) is 9.03. The topological polar surface area (TPSA) is 60.0 Å². The third kappa shape index (κ3) is 7.13. The Bertz CT molecular complexity index is 402. The van der Waals surface area contributed by atoms with E-state index >= 15 is 0 Å². The third-order valence-electron chi connectivity index (χ3n) is 5.12. The Balaban J connectivity index is 0.00000288. The second-order valence-electron chi connectivity index (χ2n) is 6.95. The molecule has 0 aromatic carbocycles. The number of guanidine groups is 1. The van der Waals surface area contributed by atoms with Crippen molar-refractivity contribution in [3.63, 3.8) is 0 Å². The summed E-state index contributed by atoms with van der Waals surface area (Å²) in [6.45, 7) is 9.51. The van der Waals surface area contributed by atoms with Crippen molar-refractivity contribution in [3.8, 4) is 0 Å². The number of carbonyl (C=O) groups is 1. The summed E-state index contributed by atoms with van der Waals surface area (Å²) in [4.78, 5) is 20.0. The van der Waals surface area contributed by atoms with Crippen molar-refractivity contribution in [2.75, 3.05) is 46.3 Å². The van der Waals surface area contributed by atoms with E-state index in [2.05, 4.69) is 27.4 Å². The summed E-state index contributed by atoms with van der Waals surface area (Å²) in [5.74, 6) is 1.98. The van der Waals surface area contributed by atoms with Crippen molar-refractivity contribution in [3.05, 3.63) is 0 Å². The lowest BCUT2D eigenvalue weighted by Crippen LogP contribution is -2.51. The van der Waals surface area contributed by atoms with Crippen LogP contribution in [0.3, 0.4) is 0 Å². The molecule has 1 saturated heterocycles. The summed E-state index contributed by atoms with van der Waals surface area (Å²) in [6, 6.07) is 0.566. The van der Waals surface area contributed by atoms with E-state index in [1.54, 1.807) is 6.92 Å². The van der Waals surface area contributed by atoms with Crippen molar-refractivity contribution < 1.29 is 4.79 Å². The smallest absolute Gasteiger partial charge is 0.219 e. The predicted molar refractivity (Wildman–Crippen MR) is 110 cm³/mol. The van der Waals surface area contributed by atoms with Gasteiger partial charge in [0.25, 0.3) is 0 Å². The fourth-order valence-electron chi connectivity index (χ4n) is 3.41. The van der Waals surface area contributed by atoms with Crippen LogP contribution in [-0.4, -0.2) is 74.0 Å². The van der Waals surface area contributed by atoms with Crippen molar-refractivity contribution in [2.45, 2.75) is 45.6 Å². The highest BCUT2D eigenvalue weighted by Crippen LogP contribution is 2.23. The minimum atomic E-state index is 0. The molecule has 6 nitrogen and oxygen atoms in total. The number of carbonyl (C=O) groups excluding carboxylic acids is 1. The molecule has 0 radical (unpaired) electrons. The van der Waals surface area contributed by atoms with Gasteiger partial charge in [-0.3, -0.25) is 14.7 Å². The molecule has 0 bridgehead atoms. The number of rotatable bonds is 4. The molecule has 2 rings (SSSR count). The minimum Gasteiger partial charge on any atom is -0.355 e. The number of amides is 1. The Hall–Kier alpha value is -0.570. The van der Waals surface area contributed by atoms with Crippen LogP contribution in [-0.2, 0) is 4.79 Å². The van der Waals surface area contributed by atoms with Gasteiger partial charge in [0.15, 0.2) is 5.96 Å². The molecule has 2 aliphatic rings. The first-order chi connectivity index (χ1) is 11.1. The Morgan fingerprint density at radius 2 is 1.75 bits per heavy atom. The number of aliphatic imine (C=N–C) groups is 1. The third-order valence-corrected chi connectivity index (χ3v) is 5.12. The lowest BCUT2D eigenvalue weighted by molar-refractivity contribution is -0.130. The van der Waals surface area contributed by atoms with Gasteiger partial charge >= 0.3 is 0 Å². The van der Waals surface area contributed by atoms with E-state index in [1.165, 1.54) is 25.7 Å². The van der Waals surface area contributed by atoms with Gasteiger partial charge in [0.05, 0.1) is 0 Å². The number of hydrogen-bond donors (Lipinski definition) is 2. The van der Waals surface area contributed by atoms with Crippen LogP contribution in [0.25, 0.3) is 0 Å². The van der Waals surface area contributed by atoms with Crippen molar-refractivity contribution >= 4 is 35.8 Å². The molecule has 0 unspecified atom stereocenters. The van der Waals surface area contributed by atoms with Gasteiger partial charge in [0.2, 0.25) is 5.91 Å². The van der Waals surface area contributed by atoms with Crippen LogP contribution in [0.15, 0.2) is 4.99 Å². The van der Waals surface area contributed by atoms with Gasteiger partial charge in [0.1, 0.15) is 0 Å². The lowest BCUT2D eigenvalue weighted by Gasteiger charge is -2.34. The molecule has 1 heterocycles. The number of nitrogens with zero attached hydrogens (tertiary/aromatic N) is 3. The standard InChI is InChI=1S/C17H33N5O.HI/c1-14-4-6-16(7-5-14)20-17(18-3)19-8-9-21-10-12-22(13-11-21)15(2)23;/h14,16H,4-13H2,1-3H3,(H2,18,19,20);1H. The summed E-state index contributed by atoms with van der Waals surface area (Å²) < 4.78 is 0. The van der Waals surface area contributed by atoms with E-state index in [1.807, 2.05) is 11.9 Å². The highest BCUT2D eigenvalue weighted by molar-refractivity contribution is 14.0. The average Bonchev–Trinajstić information content (AvgIpc) is 2.56. The average molecular weight is 451 g/mol. The molecule has 1 saturated carbocycles. The Labute approximate surface area is 163 Å². The molecule has 0 spiro atoms. The van der Waals surface area contributed by atoms with Crippen molar-refractivity contribution in [1.29, 1.82) is 0 Å². The van der Waals surface area contributed by atoms with Crippen molar-refractivity contribution in [2.24, 2.45) is 10.9 Å². The molecular weight excluding hydrogens is 417 g/mol. The van der Waals surface area contributed by atoms with Crippen LogP contribution >= 0.6 is 24.0 Å². The molecule has 0 aromatic rings. The summed E-state index contributed by atoms with van der Waals surface area (Å²) in [6.07, 6.45) is 5.12. The number of halogens is 1. The second kappa shape index (κ2) is 11.1. The van der Waals surface area contributed by atoms with E-state index < -0.39 is 0 Å². The van der Waals surface area contributed by atoms with Gasteiger partial charge in [-0.1, -0.05) is 6.92 Å². The highest BCUT2D eigenvalue weighted by Gasteiger charge is 2.20. The molecule has 1 aliphatic carbocycles. The summed E-state index contributed by atoms with van der Waals surface area (Å²) in [5, 5.41) is 6.98. The summed E-state index contributed by atoms with van der Waals surface area (Å²) >= 11 is 0. The van der Waals surface area contributed by atoms with E-state index in [-0.39, 0.29) is 29.9 Å². The summed E-state index contributed by atoms with van der Waals surface area (Å²) in [5.41, 5.74) is 0. The largest absolute Gasteiger partial charge is 0.355 e. The van der Waals surface area contributed by atoms with Crippen LogP contribution in [0.5, 0.6) is 0 Å². The van der Waals surface area contributed by atoms with Crippen LogP contribution in [0.2, 0.25) is 0 Å². The zero-order valence-corrected chi connectivity index (χ0v) is 17.7. The fraction of sp³-hybridized carbons (Fsp3) is 0.882. The molecule has 0 aromatic heterocycles. The van der Waals surface area contributed by atoms with E-state index in [9.17, 15) is 4.79 Å². The maximum absolute atomic E-state index is 11.3. The monoisotopic (exact) mass is 451 g/mol. The van der Waals surface area contributed by atoms with Gasteiger partial charge in [0, 0.05) is 59.3 Å². The molecule has 0 atom stereocenters. The molecule has 140 valence electrons. The first-order valence-electron chi connectivity index (χ1n) is 9.03. The quantitative estimate of drug-likeness (QED) is 0.387. The van der Waals surface area contributed by atoms with Gasteiger partial charge in [-0.2, -0.15) is 0 Å². The van der Waals surface area contributed by atoms with Crippen LogP contribution < -0.4 is 10.6 Å². The van der Waals surface area contributed by atoms with E-state index in [4.69, 9.17) is 0 Å².